The molecular weight excluding hydrogens is 306 g/mol. The number of nitrogens with zero attached hydrogens (tertiary/aromatic N) is 2. The molecule has 0 amide bonds. The molecule has 2 aromatic rings. The van der Waals surface area contributed by atoms with E-state index in [1.165, 1.54) is 11.1 Å². The van der Waals surface area contributed by atoms with Gasteiger partial charge in [-0.2, -0.15) is 0 Å². The number of nitrogens with two attached hydrogens (primary N) is 1. The Labute approximate surface area is 143 Å². The largest absolute Gasteiger partial charge is 0.398 e. The summed E-state index contributed by atoms with van der Waals surface area (Å²) in [5, 5.41) is 0.761. The van der Waals surface area contributed by atoms with E-state index < -0.39 is 0 Å². The monoisotopic (exact) mass is 329 g/mol. The number of fused-ring (bicyclic) bond motifs is 1. The number of rotatable bonds is 1. The van der Waals surface area contributed by atoms with Crippen LogP contribution in [0.2, 0.25) is 5.02 Å². The van der Waals surface area contributed by atoms with Crippen LogP contribution in [-0.2, 0) is 0 Å². The van der Waals surface area contributed by atoms with Crippen molar-refractivity contribution in [2.24, 2.45) is 5.73 Å². The highest BCUT2D eigenvalue weighted by molar-refractivity contribution is 6.30. The molecule has 3 rings (SSSR count). The maximum atomic E-state index is 6.20. The molecule has 23 heavy (non-hydrogen) atoms. The molecule has 3 nitrogen and oxygen atoms in total. The van der Waals surface area contributed by atoms with Gasteiger partial charge in [-0.15, -0.1) is 0 Å². The third-order valence-corrected chi connectivity index (χ3v) is 4.26. The molecule has 1 aliphatic rings. The van der Waals surface area contributed by atoms with E-state index in [0.717, 1.165) is 28.4 Å². The highest BCUT2D eigenvalue weighted by atomic mass is 35.5. The summed E-state index contributed by atoms with van der Waals surface area (Å²) in [5.74, 6) is 0. The SMILES string of the molecule is CC.Cc1cc(Cl)ccc1C1c2cnccc2C(N)=CCN1C. The van der Waals surface area contributed by atoms with Crippen molar-refractivity contribution in [3.05, 3.63) is 70.0 Å². The number of pyridine rings is 1. The van der Waals surface area contributed by atoms with Gasteiger partial charge in [0.2, 0.25) is 0 Å². The van der Waals surface area contributed by atoms with Gasteiger partial charge >= 0.3 is 0 Å². The molecule has 0 aliphatic carbocycles. The molecule has 4 heteroatoms. The molecule has 122 valence electrons. The minimum atomic E-state index is 0.128. The van der Waals surface area contributed by atoms with Gasteiger partial charge in [-0.3, -0.25) is 9.88 Å². The van der Waals surface area contributed by atoms with Crippen molar-refractivity contribution in [2.75, 3.05) is 13.6 Å². The first-order valence-corrected chi connectivity index (χ1v) is 8.32. The number of halogens is 1. The van der Waals surface area contributed by atoms with Crippen molar-refractivity contribution in [3.8, 4) is 0 Å². The molecule has 2 N–H and O–H groups in total. The van der Waals surface area contributed by atoms with E-state index in [-0.39, 0.29) is 6.04 Å². The first-order valence-electron chi connectivity index (χ1n) is 7.94. The summed E-state index contributed by atoms with van der Waals surface area (Å²) in [5.41, 5.74) is 11.6. The Balaban J connectivity index is 0.000000924. The minimum absolute atomic E-state index is 0.128. The van der Waals surface area contributed by atoms with Crippen LogP contribution in [0.1, 0.15) is 42.1 Å². The van der Waals surface area contributed by atoms with E-state index in [2.05, 4.69) is 36.0 Å². The number of benzene rings is 1. The molecule has 1 aliphatic heterocycles. The number of aromatic nitrogens is 1. The average molecular weight is 330 g/mol. The smallest absolute Gasteiger partial charge is 0.0626 e. The Morgan fingerprint density at radius 3 is 2.65 bits per heavy atom. The zero-order valence-corrected chi connectivity index (χ0v) is 14.9. The van der Waals surface area contributed by atoms with Crippen LogP contribution in [0.5, 0.6) is 0 Å². The summed E-state index contributed by atoms with van der Waals surface area (Å²) in [7, 11) is 2.10. The van der Waals surface area contributed by atoms with Crippen LogP contribution in [0.3, 0.4) is 0 Å². The average Bonchev–Trinajstić information content (AvgIpc) is 2.68. The van der Waals surface area contributed by atoms with Gasteiger partial charge in [0.05, 0.1) is 6.04 Å². The van der Waals surface area contributed by atoms with Crippen molar-refractivity contribution < 1.29 is 0 Å². The Kier molecular flexibility index (Phi) is 5.80. The van der Waals surface area contributed by atoms with Gasteiger partial charge in [-0.05, 0) is 49.4 Å². The fraction of sp³-hybridized carbons (Fsp3) is 0.316. The number of likely N-dealkylation sites (N-methyl/N-ethyl adjacent to an activating group) is 1. The molecule has 0 saturated carbocycles. The van der Waals surface area contributed by atoms with Gasteiger partial charge in [0.15, 0.2) is 0 Å². The Bertz CT molecular complexity index is 710. The predicted molar refractivity (Wildman–Crippen MR) is 98.4 cm³/mol. The summed E-state index contributed by atoms with van der Waals surface area (Å²) >= 11 is 6.09. The zero-order chi connectivity index (χ0) is 17.0. The lowest BCUT2D eigenvalue weighted by Gasteiger charge is -2.28. The third kappa shape index (κ3) is 3.57. The van der Waals surface area contributed by atoms with Crippen molar-refractivity contribution in [2.45, 2.75) is 26.8 Å². The lowest BCUT2D eigenvalue weighted by atomic mass is 9.92. The summed E-state index contributed by atoms with van der Waals surface area (Å²) < 4.78 is 0. The van der Waals surface area contributed by atoms with E-state index in [4.69, 9.17) is 17.3 Å². The van der Waals surface area contributed by atoms with Gasteiger partial charge in [-0.1, -0.05) is 31.5 Å². The number of aryl methyl sites for hydroxylation is 1. The molecule has 1 unspecified atom stereocenters. The molecule has 0 saturated heterocycles. The van der Waals surface area contributed by atoms with Crippen molar-refractivity contribution in [3.63, 3.8) is 0 Å². The standard InChI is InChI=1S/C17H18ClN3.C2H6/c1-11-9-12(18)3-4-13(11)17-15-10-20-7-5-14(15)16(19)6-8-21(17)2;1-2/h3-7,9-10,17H,8,19H2,1-2H3;1-2H3. The van der Waals surface area contributed by atoms with Crippen LogP contribution in [0.15, 0.2) is 42.7 Å². The molecule has 0 radical (unpaired) electrons. The first kappa shape index (κ1) is 17.5. The zero-order valence-electron chi connectivity index (χ0n) is 14.2. The van der Waals surface area contributed by atoms with E-state index >= 15 is 0 Å². The summed E-state index contributed by atoms with van der Waals surface area (Å²) in [6.07, 6.45) is 5.76. The molecule has 0 bridgehead atoms. The molecule has 0 spiro atoms. The van der Waals surface area contributed by atoms with E-state index in [1.54, 1.807) is 6.20 Å². The van der Waals surface area contributed by atoms with E-state index in [1.807, 2.05) is 38.2 Å². The molecule has 0 fully saturated rings. The fourth-order valence-electron chi connectivity index (χ4n) is 2.93. The van der Waals surface area contributed by atoms with Crippen LogP contribution in [0.4, 0.5) is 0 Å². The van der Waals surface area contributed by atoms with Gasteiger partial charge in [0.25, 0.3) is 0 Å². The minimum Gasteiger partial charge on any atom is -0.398 e. The summed E-state index contributed by atoms with van der Waals surface area (Å²) in [6, 6.07) is 8.15. The Morgan fingerprint density at radius 2 is 1.96 bits per heavy atom. The Hall–Kier alpha value is -1.84. The molecule has 1 aromatic carbocycles. The highest BCUT2D eigenvalue weighted by Gasteiger charge is 2.26. The van der Waals surface area contributed by atoms with Crippen LogP contribution >= 0.6 is 11.6 Å². The van der Waals surface area contributed by atoms with Crippen molar-refractivity contribution in [1.82, 2.24) is 9.88 Å². The second-order valence-electron chi connectivity index (χ2n) is 5.47. The lowest BCUT2D eigenvalue weighted by molar-refractivity contribution is 0.310. The maximum Gasteiger partial charge on any atom is 0.0626 e. The molecule has 2 heterocycles. The Morgan fingerprint density at radius 1 is 1.22 bits per heavy atom. The summed E-state index contributed by atoms with van der Waals surface area (Å²) in [6.45, 7) is 6.89. The molecular formula is C19H24ClN3. The van der Waals surface area contributed by atoms with Crippen molar-refractivity contribution in [1.29, 1.82) is 0 Å². The molecule has 1 atom stereocenters. The van der Waals surface area contributed by atoms with Crippen molar-refractivity contribution >= 4 is 17.3 Å². The topological polar surface area (TPSA) is 42.1 Å². The first-order chi connectivity index (χ1) is 11.1. The van der Waals surface area contributed by atoms with E-state index in [9.17, 15) is 0 Å². The predicted octanol–water partition coefficient (Wildman–Crippen LogP) is 4.40. The van der Waals surface area contributed by atoms with Gasteiger partial charge in [-0.25, -0.2) is 0 Å². The van der Waals surface area contributed by atoms with Crippen LogP contribution in [-0.4, -0.2) is 23.5 Å². The fourth-order valence-corrected chi connectivity index (χ4v) is 3.16. The number of hydrogen-bond acceptors (Lipinski definition) is 3. The van der Waals surface area contributed by atoms with Crippen LogP contribution in [0, 0.1) is 6.92 Å². The second-order valence-corrected chi connectivity index (χ2v) is 5.90. The maximum absolute atomic E-state index is 6.20. The van der Waals surface area contributed by atoms with Crippen LogP contribution in [0.25, 0.3) is 5.70 Å². The van der Waals surface area contributed by atoms with Crippen LogP contribution < -0.4 is 5.73 Å². The summed E-state index contributed by atoms with van der Waals surface area (Å²) in [4.78, 5) is 6.57. The van der Waals surface area contributed by atoms with Gasteiger partial charge in [0.1, 0.15) is 0 Å². The second kappa shape index (κ2) is 7.62. The lowest BCUT2D eigenvalue weighted by Crippen LogP contribution is -2.26. The van der Waals surface area contributed by atoms with Gasteiger partial charge < -0.3 is 5.73 Å². The molecule has 1 aromatic heterocycles. The normalized spacial score (nSPS) is 17.4. The van der Waals surface area contributed by atoms with E-state index in [0.29, 0.717) is 0 Å². The third-order valence-electron chi connectivity index (χ3n) is 4.02. The quantitative estimate of drug-likeness (QED) is 0.843. The number of hydrogen-bond donors (Lipinski definition) is 1. The van der Waals surface area contributed by atoms with Gasteiger partial charge in [0, 0.05) is 40.8 Å². The highest BCUT2D eigenvalue weighted by Crippen LogP contribution is 2.35.